The van der Waals surface area contributed by atoms with Crippen LogP contribution in [0.3, 0.4) is 0 Å². The van der Waals surface area contributed by atoms with Crippen molar-refractivity contribution in [3.63, 3.8) is 0 Å². The highest BCUT2D eigenvalue weighted by Gasteiger charge is 2.26. The third-order valence-corrected chi connectivity index (χ3v) is 5.34. The Morgan fingerprint density at radius 3 is 2.63 bits per heavy atom. The summed E-state index contributed by atoms with van der Waals surface area (Å²) in [6.07, 6.45) is 5.35. The van der Waals surface area contributed by atoms with E-state index in [4.69, 9.17) is 4.98 Å². The average Bonchev–Trinajstić information content (AvgIpc) is 3.32. The monoisotopic (exact) mass is 406 g/mol. The van der Waals surface area contributed by atoms with E-state index in [-0.39, 0.29) is 24.9 Å². The van der Waals surface area contributed by atoms with E-state index < -0.39 is 5.41 Å². The third kappa shape index (κ3) is 3.51. The first kappa shape index (κ1) is 20.3. The number of H-pyrrole nitrogens is 1. The number of fused-ring (bicyclic) bond motifs is 2. The van der Waals surface area contributed by atoms with Gasteiger partial charge in [0.15, 0.2) is 11.4 Å². The first-order chi connectivity index (χ1) is 14.3. The van der Waals surface area contributed by atoms with E-state index >= 15 is 0 Å². The van der Waals surface area contributed by atoms with E-state index in [2.05, 4.69) is 9.97 Å². The van der Waals surface area contributed by atoms with Gasteiger partial charge in [0.05, 0.1) is 17.5 Å². The smallest absolute Gasteiger partial charge is 0.171 e. The minimum absolute atomic E-state index is 0.0105. The van der Waals surface area contributed by atoms with Crippen LogP contribution < -0.4 is 0 Å². The number of ketones is 1. The zero-order chi connectivity index (χ0) is 21.5. The molecule has 0 unspecified atom stereocenters. The molecule has 7 heteroatoms. The Morgan fingerprint density at radius 1 is 1.20 bits per heavy atom. The zero-order valence-electron chi connectivity index (χ0n) is 17.4. The van der Waals surface area contributed by atoms with E-state index in [1.54, 1.807) is 12.4 Å². The van der Waals surface area contributed by atoms with Gasteiger partial charge in [-0.25, -0.2) is 9.97 Å². The number of aromatic amines is 1. The molecule has 0 saturated heterocycles. The molecule has 0 aliphatic rings. The molecule has 1 aromatic carbocycles. The minimum atomic E-state index is -0.521. The number of aliphatic hydroxyl groups is 2. The van der Waals surface area contributed by atoms with E-state index in [9.17, 15) is 15.0 Å². The lowest BCUT2D eigenvalue weighted by molar-refractivity contribution is 0.0860. The molecule has 0 bridgehead atoms. The highest BCUT2D eigenvalue weighted by molar-refractivity contribution is 6.08. The van der Waals surface area contributed by atoms with Crippen molar-refractivity contribution in [1.82, 2.24) is 19.5 Å². The highest BCUT2D eigenvalue weighted by atomic mass is 16.3. The van der Waals surface area contributed by atoms with Gasteiger partial charge in [-0.2, -0.15) is 0 Å². The van der Waals surface area contributed by atoms with Crippen LogP contribution in [-0.4, -0.2) is 48.7 Å². The van der Waals surface area contributed by atoms with Crippen LogP contribution in [-0.2, 0) is 6.54 Å². The lowest BCUT2D eigenvalue weighted by Crippen LogP contribution is -2.20. The van der Waals surface area contributed by atoms with Crippen LogP contribution in [0.25, 0.3) is 33.3 Å². The maximum Gasteiger partial charge on any atom is 0.171 e. The summed E-state index contributed by atoms with van der Waals surface area (Å²) in [6, 6.07) is 7.93. The zero-order valence-corrected chi connectivity index (χ0v) is 17.4. The Bertz CT molecular complexity index is 1210. The van der Waals surface area contributed by atoms with Crippen LogP contribution in [0.15, 0.2) is 42.9 Å². The molecule has 4 aromatic rings. The van der Waals surface area contributed by atoms with Gasteiger partial charge in [-0.05, 0) is 6.07 Å². The summed E-state index contributed by atoms with van der Waals surface area (Å²) < 4.78 is 2.02. The first-order valence-electron chi connectivity index (χ1n) is 10.0. The molecule has 3 heterocycles. The van der Waals surface area contributed by atoms with Crippen LogP contribution in [0.1, 0.15) is 31.1 Å². The fourth-order valence-electron chi connectivity index (χ4n) is 3.65. The number of nitrogens with one attached hydrogen (secondary N) is 1. The van der Waals surface area contributed by atoms with E-state index in [1.165, 1.54) is 0 Å². The number of hydrogen-bond acceptors (Lipinski definition) is 5. The SMILES string of the molecule is CC(C)(C)C(=O)c1c[nH]c2ncc(-c3cn(CC(CO)CO)c4ccccc34)nc12. The number of carbonyl (C=O) groups excluding carboxylic acids is 1. The number of rotatable bonds is 6. The van der Waals surface area contributed by atoms with Crippen molar-refractivity contribution in [3.05, 3.63) is 48.4 Å². The summed E-state index contributed by atoms with van der Waals surface area (Å²) in [5.74, 6) is -0.237. The Kier molecular flexibility index (Phi) is 5.17. The molecule has 7 nitrogen and oxygen atoms in total. The molecule has 0 saturated carbocycles. The molecule has 30 heavy (non-hydrogen) atoms. The second-order valence-electron chi connectivity index (χ2n) is 8.68. The van der Waals surface area contributed by atoms with Gasteiger partial charge < -0.3 is 19.8 Å². The number of aromatic nitrogens is 4. The normalized spacial score (nSPS) is 12.3. The van der Waals surface area contributed by atoms with Crippen molar-refractivity contribution in [2.45, 2.75) is 27.3 Å². The van der Waals surface area contributed by atoms with Crippen LogP contribution in [0.2, 0.25) is 0 Å². The number of carbonyl (C=O) groups is 1. The quantitative estimate of drug-likeness (QED) is 0.426. The fraction of sp³-hybridized carbons (Fsp3) is 0.348. The lowest BCUT2D eigenvalue weighted by atomic mass is 9.87. The largest absolute Gasteiger partial charge is 0.396 e. The number of aliphatic hydroxyl groups excluding tert-OH is 2. The van der Waals surface area contributed by atoms with E-state index in [1.807, 2.05) is 55.8 Å². The fourth-order valence-corrected chi connectivity index (χ4v) is 3.65. The second-order valence-corrected chi connectivity index (χ2v) is 8.68. The van der Waals surface area contributed by atoms with Crippen LogP contribution >= 0.6 is 0 Å². The molecule has 0 aliphatic carbocycles. The third-order valence-electron chi connectivity index (χ3n) is 5.34. The lowest BCUT2D eigenvalue weighted by Gasteiger charge is -2.15. The maximum absolute atomic E-state index is 12.9. The van der Waals surface area contributed by atoms with Gasteiger partial charge in [0.25, 0.3) is 0 Å². The standard InChI is InChI=1S/C23H26N4O3/c1-23(2,3)21(30)16-8-24-22-20(16)26-18(9-25-22)17-11-27(10-14(12-28)13-29)19-7-5-4-6-15(17)19/h4-9,11,14,28-29H,10,12-13H2,1-3H3,(H,24,25). The Labute approximate surface area is 174 Å². The van der Waals surface area contributed by atoms with Crippen LogP contribution in [0, 0.1) is 11.3 Å². The van der Waals surface area contributed by atoms with Gasteiger partial charge in [0.2, 0.25) is 0 Å². The summed E-state index contributed by atoms with van der Waals surface area (Å²) in [5.41, 5.74) is 3.71. The summed E-state index contributed by atoms with van der Waals surface area (Å²) in [6.45, 7) is 5.96. The molecular weight excluding hydrogens is 380 g/mol. The molecule has 3 N–H and O–H groups in total. The molecule has 0 spiro atoms. The molecule has 3 aromatic heterocycles. The summed E-state index contributed by atoms with van der Waals surface area (Å²) >= 11 is 0. The Balaban J connectivity index is 1.85. The molecule has 0 atom stereocenters. The predicted octanol–water partition coefficient (Wildman–Crippen LogP) is 3.41. The van der Waals surface area contributed by atoms with Gasteiger partial charge in [-0.15, -0.1) is 0 Å². The predicted molar refractivity (Wildman–Crippen MR) is 116 cm³/mol. The summed E-state index contributed by atoms with van der Waals surface area (Å²) in [5, 5.41) is 20.0. The van der Waals surface area contributed by atoms with Gasteiger partial charge >= 0.3 is 0 Å². The molecule has 4 rings (SSSR count). The topological polar surface area (TPSA) is 104 Å². The second kappa shape index (κ2) is 7.66. The summed E-state index contributed by atoms with van der Waals surface area (Å²) in [7, 11) is 0. The Hall–Kier alpha value is -3.03. The van der Waals surface area contributed by atoms with Crippen molar-refractivity contribution in [2.24, 2.45) is 11.3 Å². The van der Waals surface area contributed by atoms with Gasteiger partial charge in [-0.3, -0.25) is 4.79 Å². The molecule has 0 amide bonds. The van der Waals surface area contributed by atoms with E-state index in [0.717, 1.165) is 16.5 Å². The van der Waals surface area contributed by atoms with Gasteiger partial charge in [0, 0.05) is 60.0 Å². The Morgan fingerprint density at radius 2 is 1.93 bits per heavy atom. The maximum atomic E-state index is 12.9. The van der Waals surface area contributed by atoms with Crippen molar-refractivity contribution in [1.29, 1.82) is 0 Å². The minimum Gasteiger partial charge on any atom is -0.396 e. The molecule has 0 fully saturated rings. The molecule has 0 radical (unpaired) electrons. The first-order valence-corrected chi connectivity index (χ1v) is 10.0. The van der Waals surface area contributed by atoms with Crippen LogP contribution in [0.5, 0.6) is 0 Å². The average molecular weight is 406 g/mol. The number of nitrogens with zero attached hydrogens (tertiary/aromatic N) is 3. The summed E-state index contributed by atoms with van der Waals surface area (Å²) in [4.78, 5) is 25.2. The van der Waals surface area contributed by atoms with Crippen molar-refractivity contribution >= 4 is 27.9 Å². The highest BCUT2D eigenvalue weighted by Crippen LogP contribution is 2.32. The van der Waals surface area contributed by atoms with Crippen molar-refractivity contribution in [3.8, 4) is 11.3 Å². The molecular formula is C23H26N4O3. The number of hydrogen-bond donors (Lipinski definition) is 3. The number of benzene rings is 1. The number of para-hydroxylation sites is 1. The van der Waals surface area contributed by atoms with E-state index in [0.29, 0.717) is 29.0 Å². The van der Waals surface area contributed by atoms with Crippen molar-refractivity contribution < 1.29 is 15.0 Å². The molecule has 156 valence electrons. The molecule has 0 aliphatic heterocycles. The van der Waals surface area contributed by atoms with Gasteiger partial charge in [-0.1, -0.05) is 39.0 Å². The van der Waals surface area contributed by atoms with Crippen LogP contribution in [0.4, 0.5) is 0 Å². The van der Waals surface area contributed by atoms with Gasteiger partial charge in [0.1, 0.15) is 5.52 Å². The number of Topliss-reactive ketones (excluding diaryl/α,β-unsaturated/α-hetero) is 1. The van der Waals surface area contributed by atoms with Crippen molar-refractivity contribution in [2.75, 3.05) is 13.2 Å².